The normalized spacial score (nSPS) is 15.7. The lowest BCUT2D eigenvalue weighted by atomic mass is 10.1. The first kappa shape index (κ1) is 20.7. The van der Waals surface area contributed by atoms with Crippen LogP contribution in [0.3, 0.4) is 0 Å². The van der Waals surface area contributed by atoms with Gasteiger partial charge >= 0.3 is 0 Å². The molecule has 1 fully saturated rings. The van der Waals surface area contributed by atoms with Crippen LogP contribution in [-0.4, -0.2) is 48.7 Å². The number of rotatable bonds is 8. The van der Waals surface area contributed by atoms with Crippen LogP contribution in [0.5, 0.6) is 11.5 Å². The van der Waals surface area contributed by atoms with Gasteiger partial charge in [0.05, 0.1) is 20.0 Å². The molecule has 0 atom stereocenters. The zero-order valence-electron chi connectivity index (χ0n) is 16.4. The number of carbonyl (C=O) groups excluding carboxylic acids is 1. The first-order valence-corrected chi connectivity index (χ1v) is 10.2. The molecule has 1 saturated heterocycles. The van der Waals surface area contributed by atoms with Crippen molar-refractivity contribution >= 4 is 35.1 Å². The highest BCUT2D eigenvalue weighted by atomic mass is 32.2. The minimum Gasteiger partial charge on any atom is -0.493 e. The molecular formula is C22H23N3O3S. The molecule has 0 aromatic heterocycles. The van der Waals surface area contributed by atoms with Crippen molar-refractivity contribution < 1.29 is 14.3 Å². The molecule has 0 radical (unpaired) electrons. The predicted octanol–water partition coefficient (Wildman–Crippen LogP) is 3.88. The van der Waals surface area contributed by atoms with Crippen LogP contribution in [0.25, 0.3) is 6.08 Å². The van der Waals surface area contributed by atoms with Crippen LogP contribution in [0, 0.1) is 0 Å². The molecule has 2 aromatic rings. The third-order valence-electron chi connectivity index (χ3n) is 4.31. The number of thioether (sulfide) groups is 1. The van der Waals surface area contributed by atoms with Gasteiger partial charge in [-0.3, -0.25) is 9.69 Å². The molecule has 1 aliphatic rings. The first-order chi connectivity index (χ1) is 14.2. The highest BCUT2D eigenvalue weighted by Gasteiger charge is 2.28. The molecule has 0 bridgehead atoms. The van der Waals surface area contributed by atoms with Crippen molar-refractivity contribution in [2.75, 3.05) is 26.5 Å². The zero-order valence-corrected chi connectivity index (χ0v) is 17.3. The number of ether oxygens (including phenoxy) is 2. The Labute approximate surface area is 174 Å². The number of amidine groups is 1. The SMILES string of the molecule is COc1ccc(CCN2C(=O)CS/C2=N/N=C/C=C/c2ccccc2)cc1OC. The smallest absolute Gasteiger partial charge is 0.239 e. The number of hydrogen-bond donors (Lipinski definition) is 0. The largest absolute Gasteiger partial charge is 0.493 e. The lowest BCUT2D eigenvalue weighted by molar-refractivity contribution is -0.124. The van der Waals surface area contributed by atoms with E-state index in [1.54, 1.807) is 25.3 Å². The minimum atomic E-state index is 0.0456. The van der Waals surface area contributed by atoms with E-state index in [-0.39, 0.29) is 5.91 Å². The van der Waals surface area contributed by atoms with Gasteiger partial charge in [0.2, 0.25) is 5.91 Å². The second kappa shape index (κ2) is 10.5. The van der Waals surface area contributed by atoms with E-state index in [1.165, 1.54) is 11.8 Å². The van der Waals surface area contributed by atoms with Gasteiger partial charge in [-0.1, -0.05) is 54.2 Å². The number of amides is 1. The molecule has 1 aliphatic heterocycles. The van der Waals surface area contributed by atoms with Crippen molar-refractivity contribution in [2.24, 2.45) is 10.2 Å². The van der Waals surface area contributed by atoms with Crippen LogP contribution in [0.4, 0.5) is 0 Å². The minimum absolute atomic E-state index is 0.0456. The highest BCUT2D eigenvalue weighted by Crippen LogP contribution is 2.28. The fourth-order valence-corrected chi connectivity index (χ4v) is 3.67. The summed E-state index contributed by atoms with van der Waals surface area (Å²) in [7, 11) is 3.22. The van der Waals surface area contributed by atoms with Crippen molar-refractivity contribution in [1.82, 2.24) is 4.90 Å². The fraction of sp³-hybridized carbons (Fsp3) is 0.227. The maximum atomic E-state index is 12.2. The Morgan fingerprint density at radius 1 is 1.10 bits per heavy atom. The molecule has 1 heterocycles. The first-order valence-electron chi connectivity index (χ1n) is 9.18. The van der Waals surface area contributed by atoms with E-state index >= 15 is 0 Å². The Balaban J connectivity index is 1.60. The third-order valence-corrected chi connectivity index (χ3v) is 5.26. The molecule has 0 spiro atoms. The highest BCUT2D eigenvalue weighted by molar-refractivity contribution is 8.15. The molecule has 0 N–H and O–H groups in total. The standard InChI is InChI=1S/C22H23N3O3S/c1-27-19-11-10-18(15-20(19)28-2)12-14-25-21(26)16-29-22(25)24-23-13-6-9-17-7-4-3-5-8-17/h3-11,13,15H,12,14,16H2,1-2H3/b9-6+,23-13+,24-22+. The molecule has 1 amide bonds. The van der Waals surface area contributed by atoms with Gasteiger partial charge in [-0.25, -0.2) is 0 Å². The average molecular weight is 410 g/mol. The van der Waals surface area contributed by atoms with Crippen LogP contribution in [0.1, 0.15) is 11.1 Å². The summed E-state index contributed by atoms with van der Waals surface area (Å²) in [6, 6.07) is 15.7. The van der Waals surface area contributed by atoms with E-state index in [0.29, 0.717) is 35.4 Å². The van der Waals surface area contributed by atoms with E-state index < -0.39 is 0 Å². The van der Waals surface area contributed by atoms with E-state index in [2.05, 4.69) is 10.2 Å². The van der Waals surface area contributed by atoms with Gasteiger partial charge in [0.15, 0.2) is 16.7 Å². The molecule has 3 rings (SSSR count). The molecule has 150 valence electrons. The summed E-state index contributed by atoms with van der Waals surface area (Å²) in [4.78, 5) is 13.9. The van der Waals surface area contributed by atoms with Crippen LogP contribution in [0.2, 0.25) is 0 Å². The summed E-state index contributed by atoms with van der Waals surface area (Å²) < 4.78 is 10.6. The number of nitrogens with zero attached hydrogens (tertiary/aromatic N) is 3. The maximum Gasteiger partial charge on any atom is 0.239 e. The van der Waals surface area contributed by atoms with Crippen molar-refractivity contribution in [3.05, 3.63) is 65.7 Å². The van der Waals surface area contributed by atoms with E-state index in [9.17, 15) is 4.79 Å². The molecule has 0 aliphatic carbocycles. The van der Waals surface area contributed by atoms with Gasteiger partial charge in [-0.2, -0.15) is 5.10 Å². The number of methoxy groups -OCH3 is 2. The van der Waals surface area contributed by atoms with Gasteiger partial charge in [-0.15, -0.1) is 5.10 Å². The summed E-state index contributed by atoms with van der Waals surface area (Å²) >= 11 is 1.41. The second-order valence-electron chi connectivity index (χ2n) is 6.19. The fourth-order valence-electron chi connectivity index (χ4n) is 2.81. The van der Waals surface area contributed by atoms with Crippen molar-refractivity contribution in [1.29, 1.82) is 0 Å². The number of hydrogen-bond acceptors (Lipinski definition) is 6. The van der Waals surface area contributed by atoms with Crippen molar-refractivity contribution in [3.63, 3.8) is 0 Å². The number of allylic oxidation sites excluding steroid dienone is 1. The van der Waals surface area contributed by atoms with Crippen molar-refractivity contribution in [3.8, 4) is 11.5 Å². The zero-order chi connectivity index (χ0) is 20.5. The van der Waals surface area contributed by atoms with Gasteiger partial charge in [0.1, 0.15) is 0 Å². The van der Waals surface area contributed by atoms with E-state index in [4.69, 9.17) is 9.47 Å². The lowest BCUT2D eigenvalue weighted by Crippen LogP contribution is -2.31. The summed E-state index contributed by atoms with van der Waals surface area (Å²) in [5, 5.41) is 8.93. The monoisotopic (exact) mass is 409 g/mol. The van der Waals surface area contributed by atoms with Gasteiger partial charge in [0.25, 0.3) is 0 Å². The number of carbonyl (C=O) groups is 1. The predicted molar refractivity (Wildman–Crippen MR) is 119 cm³/mol. The van der Waals surface area contributed by atoms with Gasteiger partial charge < -0.3 is 9.47 Å². The van der Waals surface area contributed by atoms with Crippen LogP contribution < -0.4 is 9.47 Å². The molecule has 0 unspecified atom stereocenters. The van der Waals surface area contributed by atoms with E-state index in [1.807, 2.05) is 60.7 Å². The lowest BCUT2D eigenvalue weighted by Gasteiger charge is -2.15. The number of benzene rings is 2. The quantitative estimate of drug-likeness (QED) is 0.490. The van der Waals surface area contributed by atoms with Crippen LogP contribution in [-0.2, 0) is 11.2 Å². The Morgan fingerprint density at radius 3 is 2.66 bits per heavy atom. The molecule has 0 saturated carbocycles. The summed E-state index contributed by atoms with van der Waals surface area (Å²) in [5.74, 6) is 1.80. The van der Waals surface area contributed by atoms with Gasteiger partial charge in [0, 0.05) is 12.8 Å². The second-order valence-corrected chi connectivity index (χ2v) is 7.13. The van der Waals surface area contributed by atoms with Gasteiger partial charge in [-0.05, 0) is 35.8 Å². The van der Waals surface area contributed by atoms with E-state index in [0.717, 1.165) is 11.1 Å². The topological polar surface area (TPSA) is 63.5 Å². The molecule has 29 heavy (non-hydrogen) atoms. The van der Waals surface area contributed by atoms with Crippen LogP contribution in [0.15, 0.2) is 64.8 Å². The van der Waals surface area contributed by atoms with Crippen LogP contribution >= 0.6 is 11.8 Å². The Morgan fingerprint density at radius 2 is 1.90 bits per heavy atom. The van der Waals surface area contributed by atoms with Crippen molar-refractivity contribution in [2.45, 2.75) is 6.42 Å². The summed E-state index contributed by atoms with van der Waals surface area (Å²) in [6.07, 6.45) is 6.08. The molecule has 7 heteroatoms. The molecular weight excluding hydrogens is 386 g/mol. The molecule has 2 aromatic carbocycles. The Bertz CT molecular complexity index is 926. The Hall–Kier alpha value is -3.06. The average Bonchev–Trinajstić information content (AvgIpc) is 3.11. The molecule has 6 nitrogen and oxygen atoms in total. The maximum absolute atomic E-state index is 12.2. The third kappa shape index (κ3) is 5.71. The summed E-state index contributed by atoms with van der Waals surface area (Å²) in [5.41, 5.74) is 2.15. The Kier molecular flexibility index (Phi) is 7.47. The summed E-state index contributed by atoms with van der Waals surface area (Å²) in [6.45, 7) is 0.537.